The number of nitrogens with zero attached hydrogens (tertiary/aromatic N) is 2. The second-order valence-corrected chi connectivity index (χ2v) is 8.98. The molecule has 160 valence electrons. The second-order valence-electron chi connectivity index (χ2n) is 8.98. The van der Waals surface area contributed by atoms with E-state index in [2.05, 4.69) is 24.1 Å². The van der Waals surface area contributed by atoms with Gasteiger partial charge in [0.15, 0.2) is 5.78 Å². The first kappa shape index (κ1) is 21.0. The molecular formula is C25H27N3O3. The van der Waals surface area contributed by atoms with Crippen molar-refractivity contribution in [3.8, 4) is 5.75 Å². The van der Waals surface area contributed by atoms with Gasteiger partial charge in [-0.25, -0.2) is 0 Å². The molecular weight excluding hydrogens is 390 g/mol. The molecule has 1 aliphatic carbocycles. The van der Waals surface area contributed by atoms with Crippen molar-refractivity contribution in [3.63, 3.8) is 0 Å². The SMILES string of the molecule is COc1ccccc1[C@@H]1C2=C(CC(C)(C)CC2=O)N=C(C)C1C(=O)Nc1cccnc1. The van der Waals surface area contributed by atoms with Gasteiger partial charge in [-0.2, -0.15) is 0 Å². The van der Waals surface area contributed by atoms with Crippen molar-refractivity contribution >= 4 is 23.1 Å². The van der Waals surface area contributed by atoms with Crippen molar-refractivity contribution < 1.29 is 14.3 Å². The monoisotopic (exact) mass is 417 g/mol. The van der Waals surface area contributed by atoms with Gasteiger partial charge in [-0.3, -0.25) is 19.6 Å². The highest BCUT2D eigenvalue weighted by atomic mass is 16.5. The number of hydrogen-bond acceptors (Lipinski definition) is 5. The van der Waals surface area contributed by atoms with Gasteiger partial charge in [0.1, 0.15) is 5.75 Å². The number of methoxy groups -OCH3 is 1. The minimum absolute atomic E-state index is 0.0533. The molecule has 2 heterocycles. The Kier molecular flexibility index (Phi) is 5.48. The van der Waals surface area contributed by atoms with Crippen LogP contribution in [0.25, 0.3) is 0 Å². The molecule has 1 N–H and O–H groups in total. The summed E-state index contributed by atoms with van der Waals surface area (Å²) in [7, 11) is 1.61. The third kappa shape index (κ3) is 4.02. The molecule has 0 bridgehead atoms. The van der Waals surface area contributed by atoms with E-state index in [1.54, 1.807) is 31.6 Å². The first-order valence-electron chi connectivity index (χ1n) is 10.5. The van der Waals surface area contributed by atoms with Crippen LogP contribution in [0.1, 0.15) is 45.1 Å². The number of anilines is 1. The average molecular weight is 418 g/mol. The summed E-state index contributed by atoms with van der Waals surface area (Å²) in [6.07, 6.45) is 4.39. The summed E-state index contributed by atoms with van der Waals surface area (Å²) < 4.78 is 5.62. The summed E-state index contributed by atoms with van der Waals surface area (Å²) in [6, 6.07) is 11.2. The Morgan fingerprint density at radius 1 is 1.16 bits per heavy atom. The van der Waals surface area contributed by atoms with E-state index >= 15 is 0 Å². The fourth-order valence-corrected chi connectivity index (χ4v) is 4.70. The van der Waals surface area contributed by atoms with Gasteiger partial charge in [-0.1, -0.05) is 32.0 Å². The van der Waals surface area contributed by atoms with E-state index < -0.39 is 11.8 Å². The Labute approximate surface area is 182 Å². The molecule has 2 aliphatic rings. The Hall–Kier alpha value is -3.28. The van der Waals surface area contributed by atoms with Gasteiger partial charge < -0.3 is 10.1 Å². The van der Waals surface area contributed by atoms with Crippen LogP contribution in [0.2, 0.25) is 0 Å². The summed E-state index contributed by atoms with van der Waals surface area (Å²) in [5.41, 5.74) is 3.40. The van der Waals surface area contributed by atoms with E-state index in [0.29, 0.717) is 35.6 Å². The third-order valence-electron chi connectivity index (χ3n) is 5.99. The maximum atomic E-state index is 13.5. The Morgan fingerprint density at radius 2 is 1.94 bits per heavy atom. The number of aliphatic imine (C=N–C) groups is 1. The number of amides is 1. The summed E-state index contributed by atoms with van der Waals surface area (Å²) in [6.45, 7) is 6.03. The molecule has 1 aromatic carbocycles. The van der Waals surface area contributed by atoms with Crippen LogP contribution in [0.4, 0.5) is 5.69 Å². The summed E-state index contributed by atoms with van der Waals surface area (Å²) in [5, 5.41) is 2.95. The number of aromatic nitrogens is 1. The molecule has 0 radical (unpaired) electrons. The molecule has 0 saturated carbocycles. The van der Waals surface area contributed by atoms with Crippen molar-refractivity contribution in [2.75, 3.05) is 12.4 Å². The average Bonchev–Trinajstić information content (AvgIpc) is 2.72. The number of para-hydroxylation sites is 1. The molecule has 1 aliphatic heterocycles. The van der Waals surface area contributed by atoms with Crippen LogP contribution in [-0.2, 0) is 9.59 Å². The van der Waals surface area contributed by atoms with Crippen LogP contribution in [0.15, 0.2) is 65.1 Å². The quantitative estimate of drug-likeness (QED) is 0.792. The van der Waals surface area contributed by atoms with E-state index in [4.69, 9.17) is 9.73 Å². The molecule has 1 amide bonds. The van der Waals surface area contributed by atoms with Crippen molar-refractivity contribution in [2.24, 2.45) is 16.3 Å². The highest BCUT2D eigenvalue weighted by molar-refractivity contribution is 6.13. The first-order valence-corrected chi connectivity index (χ1v) is 10.5. The molecule has 2 atom stereocenters. The van der Waals surface area contributed by atoms with E-state index in [1.807, 2.05) is 31.2 Å². The lowest BCUT2D eigenvalue weighted by molar-refractivity contribution is -0.119. The minimum atomic E-state index is -0.625. The van der Waals surface area contributed by atoms with Crippen LogP contribution in [-0.4, -0.2) is 29.5 Å². The van der Waals surface area contributed by atoms with Crippen LogP contribution in [0.5, 0.6) is 5.75 Å². The summed E-state index contributed by atoms with van der Waals surface area (Å²) in [4.78, 5) is 35.7. The van der Waals surface area contributed by atoms with Gasteiger partial charge in [-0.15, -0.1) is 0 Å². The number of allylic oxidation sites excluding steroid dienone is 2. The van der Waals surface area contributed by atoms with E-state index in [9.17, 15) is 9.59 Å². The van der Waals surface area contributed by atoms with Crippen molar-refractivity contribution in [1.82, 2.24) is 4.98 Å². The van der Waals surface area contributed by atoms with Crippen molar-refractivity contribution in [2.45, 2.75) is 39.5 Å². The molecule has 0 saturated heterocycles. The molecule has 1 aromatic heterocycles. The van der Waals surface area contributed by atoms with Crippen LogP contribution in [0, 0.1) is 11.3 Å². The predicted molar refractivity (Wildman–Crippen MR) is 120 cm³/mol. The summed E-state index contributed by atoms with van der Waals surface area (Å²) in [5.74, 6) is -0.581. The standard InChI is InChI=1S/C25H27N3O3/c1-15-21(24(30)28-16-8-7-11-26-14-16)22(17-9-5-6-10-20(17)31-4)23-18(27-15)12-25(2,3)13-19(23)29/h5-11,14,21-22H,12-13H2,1-4H3,(H,28,30)/t21?,22-/m0/s1. The maximum Gasteiger partial charge on any atom is 0.234 e. The molecule has 1 unspecified atom stereocenters. The zero-order chi connectivity index (χ0) is 22.2. The number of Topliss-reactive ketones (excluding diaryl/α,β-unsaturated/α-hetero) is 1. The van der Waals surface area contributed by atoms with Crippen LogP contribution < -0.4 is 10.1 Å². The number of carbonyl (C=O) groups is 2. The lowest BCUT2D eigenvalue weighted by atomic mass is 9.66. The molecule has 2 aromatic rings. The highest BCUT2D eigenvalue weighted by Crippen LogP contribution is 2.49. The molecule has 6 nitrogen and oxygen atoms in total. The zero-order valence-electron chi connectivity index (χ0n) is 18.3. The normalized spacial score (nSPS) is 22.5. The van der Waals surface area contributed by atoms with E-state index in [1.165, 1.54) is 0 Å². The van der Waals surface area contributed by atoms with Gasteiger partial charge in [0.05, 0.1) is 24.9 Å². The molecule has 31 heavy (non-hydrogen) atoms. The number of hydrogen-bond donors (Lipinski definition) is 1. The number of benzene rings is 1. The van der Waals surface area contributed by atoms with Gasteiger partial charge in [0, 0.05) is 41.1 Å². The number of nitrogens with one attached hydrogen (secondary N) is 1. The highest BCUT2D eigenvalue weighted by Gasteiger charge is 2.46. The van der Waals surface area contributed by atoms with Gasteiger partial charge >= 0.3 is 0 Å². The van der Waals surface area contributed by atoms with Gasteiger partial charge in [0.25, 0.3) is 0 Å². The largest absolute Gasteiger partial charge is 0.496 e. The molecule has 0 fully saturated rings. The van der Waals surface area contributed by atoms with Gasteiger partial charge in [-0.05, 0) is 37.0 Å². The number of carbonyl (C=O) groups excluding carboxylic acids is 2. The fraction of sp³-hybridized carbons (Fsp3) is 0.360. The summed E-state index contributed by atoms with van der Waals surface area (Å²) >= 11 is 0. The second kappa shape index (κ2) is 8.10. The Morgan fingerprint density at radius 3 is 2.65 bits per heavy atom. The molecule has 0 spiro atoms. The predicted octanol–water partition coefficient (Wildman–Crippen LogP) is 4.55. The number of ether oxygens (including phenoxy) is 1. The van der Waals surface area contributed by atoms with Gasteiger partial charge in [0.2, 0.25) is 5.91 Å². The number of ketones is 1. The first-order chi connectivity index (χ1) is 14.8. The number of pyridine rings is 1. The number of rotatable bonds is 4. The fourth-order valence-electron chi connectivity index (χ4n) is 4.70. The van der Waals surface area contributed by atoms with Crippen molar-refractivity contribution in [3.05, 3.63) is 65.6 Å². The lowest BCUT2D eigenvalue weighted by Gasteiger charge is -2.39. The van der Waals surface area contributed by atoms with E-state index in [0.717, 1.165) is 11.3 Å². The van der Waals surface area contributed by atoms with Crippen LogP contribution >= 0.6 is 0 Å². The zero-order valence-corrected chi connectivity index (χ0v) is 18.3. The topological polar surface area (TPSA) is 80.6 Å². The Balaban J connectivity index is 1.84. The Bertz CT molecular complexity index is 1090. The lowest BCUT2D eigenvalue weighted by Crippen LogP contribution is -2.41. The molecule has 6 heteroatoms. The smallest absolute Gasteiger partial charge is 0.234 e. The third-order valence-corrected chi connectivity index (χ3v) is 5.99. The van der Waals surface area contributed by atoms with Crippen molar-refractivity contribution in [1.29, 1.82) is 0 Å². The molecule has 4 rings (SSSR count). The van der Waals surface area contributed by atoms with Crippen LogP contribution in [0.3, 0.4) is 0 Å². The minimum Gasteiger partial charge on any atom is -0.496 e. The van der Waals surface area contributed by atoms with E-state index in [-0.39, 0.29) is 17.1 Å². The maximum absolute atomic E-state index is 13.5.